The Morgan fingerprint density at radius 2 is 1.57 bits per heavy atom. The van der Waals surface area contributed by atoms with E-state index >= 15 is 0 Å². The minimum atomic E-state index is -0.809. The highest BCUT2D eigenvalue weighted by Gasteiger charge is 2.39. The van der Waals surface area contributed by atoms with Crippen molar-refractivity contribution in [3.8, 4) is 0 Å². The first-order valence-corrected chi connectivity index (χ1v) is 12.0. The highest BCUT2D eigenvalue weighted by atomic mass is 32.2. The number of aliphatic hydroxyl groups is 1. The van der Waals surface area contributed by atoms with E-state index in [4.69, 9.17) is 0 Å². The van der Waals surface area contributed by atoms with Crippen molar-refractivity contribution >= 4 is 17.2 Å². The third-order valence-corrected chi connectivity index (χ3v) is 7.89. The zero-order valence-corrected chi connectivity index (χ0v) is 17.7. The van der Waals surface area contributed by atoms with Crippen molar-refractivity contribution in [2.24, 2.45) is 11.8 Å². The van der Waals surface area contributed by atoms with Crippen LogP contribution in [0.5, 0.6) is 0 Å². The average Bonchev–Trinajstić information content (AvgIpc) is 3.08. The summed E-state index contributed by atoms with van der Waals surface area (Å²) in [5.41, 5.74) is 1.89. The zero-order valence-electron chi connectivity index (χ0n) is 16.9. The fourth-order valence-corrected chi connectivity index (χ4v) is 5.84. The SMILES string of the molecule is CC1CC(N(Cc2ccccc2)Cc2ccccc2)CC1C[S+](C)C(O)C=O. The fourth-order valence-electron chi connectivity index (χ4n) is 4.31. The first-order valence-electron chi connectivity index (χ1n) is 10.1. The molecular weight excluding hydrogens is 366 g/mol. The van der Waals surface area contributed by atoms with E-state index in [2.05, 4.69) is 72.5 Å². The molecule has 3 nitrogen and oxygen atoms in total. The summed E-state index contributed by atoms with van der Waals surface area (Å²) in [6, 6.07) is 21.9. The summed E-state index contributed by atoms with van der Waals surface area (Å²) in [6.07, 6.45) is 5.03. The average molecular weight is 399 g/mol. The van der Waals surface area contributed by atoms with Gasteiger partial charge in [0.1, 0.15) is 12.0 Å². The summed E-state index contributed by atoms with van der Waals surface area (Å²) < 4.78 is 0. The topological polar surface area (TPSA) is 40.5 Å². The van der Waals surface area contributed by atoms with Gasteiger partial charge < -0.3 is 5.11 Å². The smallest absolute Gasteiger partial charge is 0.272 e. The number of carbonyl (C=O) groups excluding carboxylic acids is 1. The van der Waals surface area contributed by atoms with Crippen LogP contribution in [-0.2, 0) is 28.8 Å². The van der Waals surface area contributed by atoms with Gasteiger partial charge in [-0.1, -0.05) is 67.6 Å². The molecule has 5 atom stereocenters. The number of carbonyl (C=O) groups is 1. The summed E-state index contributed by atoms with van der Waals surface area (Å²) in [4.78, 5) is 13.5. The van der Waals surface area contributed by atoms with E-state index < -0.39 is 5.44 Å². The number of rotatable bonds is 9. The first kappa shape index (κ1) is 21.1. The molecule has 1 aliphatic carbocycles. The maximum atomic E-state index is 10.9. The molecule has 0 heterocycles. The van der Waals surface area contributed by atoms with Crippen LogP contribution in [0.25, 0.3) is 0 Å². The van der Waals surface area contributed by atoms with Gasteiger partial charge in [-0.2, -0.15) is 0 Å². The molecule has 0 bridgehead atoms. The summed E-state index contributed by atoms with van der Waals surface area (Å²) in [5, 5.41) is 9.87. The highest BCUT2D eigenvalue weighted by Crippen LogP contribution is 2.37. The predicted molar refractivity (Wildman–Crippen MR) is 118 cm³/mol. The van der Waals surface area contributed by atoms with Crippen molar-refractivity contribution in [3.63, 3.8) is 0 Å². The molecule has 4 heteroatoms. The molecule has 2 aromatic rings. The Balaban J connectivity index is 1.71. The van der Waals surface area contributed by atoms with Crippen LogP contribution in [0.2, 0.25) is 0 Å². The highest BCUT2D eigenvalue weighted by molar-refractivity contribution is 7.97. The Labute approximate surface area is 172 Å². The van der Waals surface area contributed by atoms with Crippen LogP contribution in [0.4, 0.5) is 0 Å². The minimum Gasteiger partial charge on any atom is -0.344 e. The molecule has 0 amide bonds. The lowest BCUT2D eigenvalue weighted by molar-refractivity contribution is -0.111. The molecule has 1 fully saturated rings. The number of aliphatic hydroxyl groups excluding tert-OH is 1. The van der Waals surface area contributed by atoms with Crippen molar-refractivity contribution in [1.29, 1.82) is 0 Å². The van der Waals surface area contributed by atoms with Crippen molar-refractivity contribution < 1.29 is 9.90 Å². The van der Waals surface area contributed by atoms with Gasteiger partial charge in [-0.25, -0.2) is 0 Å². The first-order chi connectivity index (χ1) is 13.6. The number of benzene rings is 2. The van der Waals surface area contributed by atoms with Gasteiger partial charge in [0.25, 0.3) is 5.44 Å². The van der Waals surface area contributed by atoms with Gasteiger partial charge in [-0.05, 0) is 29.9 Å². The summed E-state index contributed by atoms with van der Waals surface area (Å²) in [7, 11) is -0.260. The fraction of sp³-hybridized carbons (Fsp3) is 0.458. The molecule has 28 heavy (non-hydrogen) atoms. The molecule has 1 aliphatic rings. The van der Waals surface area contributed by atoms with E-state index in [1.165, 1.54) is 17.5 Å². The number of aldehydes is 1. The van der Waals surface area contributed by atoms with Crippen molar-refractivity contribution in [2.75, 3.05) is 12.0 Å². The second-order valence-corrected chi connectivity index (χ2v) is 10.3. The number of nitrogens with zero attached hydrogens (tertiary/aromatic N) is 1. The van der Waals surface area contributed by atoms with Gasteiger partial charge in [0.05, 0.1) is 0 Å². The Hall–Kier alpha value is -1.62. The Kier molecular flexibility index (Phi) is 7.72. The Morgan fingerprint density at radius 3 is 2.07 bits per heavy atom. The molecule has 3 rings (SSSR count). The van der Waals surface area contributed by atoms with Crippen LogP contribution in [0.3, 0.4) is 0 Å². The summed E-state index contributed by atoms with van der Waals surface area (Å²) in [6.45, 7) is 4.24. The van der Waals surface area contributed by atoms with Crippen LogP contribution >= 0.6 is 0 Å². The van der Waals surface area contributed by atoms with Crippen LogP contribution in [0.1, 0.15) is 30.9 Å². The van der Waals surface area contributed by atoms with Gasteiger partial charge in [0.2, 0.25) is 0 Å². The Bertz CT molecular complexity index is 682. The maximum absolute atomic E-state index is 10.9. The van der Waals surface area contributed by atoms with Crippen molar-refractivity contribution in [1.82, 2.24) is 4.90 Å². The molecule has 1 saturated carbocycles. The lowest BCUT2D eigenvalue weighted by atomic mass is 10.0. The van der Waals surface area contributed by atoms with Gasteiger partial charge >= 0.3 is 0 Å². The van der Waals surface area contributed by atoms with E-state index in [0.29, 0.717) is 24.2 Å². The van der Waals surface area contributed by atoms with E-state index in [1.807, 2.05) is 6.26 Å². The zero-order chi connectivity index (χ0) is 19.9. The van der Waals surface area contributed by atoms with Gasteiger partial charge in [0, 0.05) is 35.9 Å². The van der Waals surface area contributed by atoms with E-state index in [-0.39, 0.29) is 10.9 Å². The van der Waals surface area contributed by atoms with Crippen molar-refractivity contribution in [3.05, 3.63) is 71.8 Å². The molecule has 5 unspecified atom stereocenters. The van der Waals surface area contributed by atoms with Crippen LogP contribution < -0.4 is 0 Å². The molecular formula is C24H32NO2S+. The lowest BCUT2D eigenvalue weighted by Gasteiger charge is -2.29. The largest absolute Gasteiger partial charge is 0.344 e. The second-order valence-electron chi connectivity index (χ2n) is 8.12. The van der Waals surface area contributed by atoms with Crippen LogP contribution in [0, 0.1) is 11.8 Å². The molecule has 0 radical (unpaired) electrons. The summed E-state index contributed by atoms with van der Waals surface area (Å²) in [5.74, 6) is 2.14. The molecule has 150 valence electrons. The minimum absolute atomic E-state index is 0.260. The molecule has 0 aromatic heterocycles. The van der Waals surface area contributed by atoms with Gasteiger partial charge in [0.15, 0.2) is 6.29 Å². The Morgan fingerprint density at radius 1 is 1.04 bits per heavy atom. The number of hydrogen-bond donors (Lipinski definition) is 1. The standard InChI is InChI=1S/C24H32NO2S/c1-19-13-23(14-22(19)18-28(2)24(27)17-26)25(15-20-9-5-3-6-10-20)16-21-11-7-4-8-12-21/h3-12,17,19,22-24,27H,13-16,18H2,1-2H3/q+1. The molecule has 0 saturated heterocycles. The van der Waals surface area contributed by atoms with E-state index in [0.717, 1.165) is 25.3 Å². The van der Waals surface area contributed by atoms with E-state index in [9.17, 15) is 9.90 Å². The van der Waals surface area contributed by atoms with Crippen LogP contribution in [-0.4, -0.2) is 39.8 Å². The number of hydrogen-bond acceptors (Lipinski definition) is 3. The third kappa shape index (κ3) is 5.69. The van der Waals surface area contributed by atoms with Gasteiger partial charge in [-0.15, -0.1) is 0 Å². The molecule has 2 aromatic carbocycles. The van der Waals surface area contributed by atoms with Gasteiger partial charge in [-0.3, -0.25) is 9.69 Å². The normalized spacial score (nSPS) is 24.2. The second kappa shape index (κ2) is 10.2. The summed E-state index contributed by atoms with van der Waals surface area (Å²) >= 11 is 0. The molecule has 0 spiro atoms. The van der Waals surface area contributed by atoms with E-state index in [1.54, 1.807) is 0 Å². The molecule has 1 N–H and O–H groups in total. The monoisotopic (exact) mass is 398 g/mol. The maximum Gasteiger partial charge on any atom is 0.272 e. The predicted octanol–water partition coefficient (Wildman–Crippen LogP) is 3.87. The quantitative estimate of drug-likeness (QED) is 0.515. The van der Waals surface area contributed by atoms with Crippen LogP contribution in [0.15, 0.2) is 60.7 Å². The van der Waals surface area contributed by atoms with Crippen molar-refractivity contribution in [2.45, 2.75) is 44.3 Å². The molecule has 0 aliphatic heterocycles. The third-order valence-electron chi connectivity index (χ3n) is 6.00. The lowest BCUT2D eigenvalue weighted by Crippen LogP contribution is -2.33.